The maximum atomic E-state index is 8.93. The highest BCUT2D eigenvalue weighted by molar-refractivity contribution is 6.46. The molecule has 1 aromatic carbocycles. The average Bonchev–Trinajstić information content (AvgIpc) is 2.36. The lowest BCUT2D eigenvalue weighted by molar-refractivity contribution is 1.31. The molecule has 0 aliphatic rings. The van der Waals surface area contributed by atoms with E-state index in [1.54, 1.807) is 12.1 Å². The van der Waals surface area contributed by atoms with Gasteiger partial charge in [-0.1, -0.05) is 34.8 Å². The molecule has 0 saturated carbocycles. The molecule has 0 aliphatic carbocycles. The number of nitrogens with zero attached hydrogens (tertiary/aromatic N) is 2. The van der Waals surface area contributed by atoms with Crippen LogP contribution in [0, 0.1) is 11.3 Å². The fraction of sp³-hybridized carbons (Fsp3) is 0. The fourth-order valence-electron chi connectivity index (χ4n) is 1.51. The molecule has 0 radical (unpaired) electrons. The first-order valence-electron chi connectivity index (χ1n) is 4.84. The summed E-state index contributed by atoms with van der Waals surface area (Å²) in [5.74, 6) is 0. The van der Waals surface area contributed by atoms with Crippen LogP contribution in [0.2, 0.25) is 15.1 Å². The van der Waals surface area contributed by atoms with Crippen LogP contribution in [-0.4, -0.2) is 4.98 Å². The number of anilines is 1. The van der Waals surface area contributed by atoms with Gasteiger partial charge in [-0.15, -0.1) is 0 Å². The minimum Gasteiger partial charge on any atom is -0.396 e. The Hall–Kier alpha value is -1.47. The molecule has 0 bridgehead atoms. The molecule has 2 N–H and O–H groups in total. The third-order valence-corrected chi connectivity index (χ3v) is 3.51. The Morgan fingerprint density at radius 2 is 1.78 bits per heavy atom. The van der Waals surface area contributed by atoms with Crippen molar-refractivity contribution in [3.8, 4) is 17.3 Å². The molecule has 90 valence electrons. The molecule has 0 unspecified atom stereocenters. The Bertz CT molecular complexity index is 662. The molecule has 3 nitrogen and oxygen atoms in total. The fourth-order valence-corrected chi connectivity index (χ4v) is 2.22. The van der Waals surface area contributed by atoms with E-state index in [0.29, 0.717) is 26.9 Å². The summed E-state index contributed by atoms with van der Waals surface area (Å²) in [6, 6.07) is 6.68. The second kappa shape index (κ2) is 5.03. The Morgan fingerprint density at radius 3 is 2.44 bits per heavy atom. The predicted molar refractivity (Wildman–Crippen MR) is 73.8 cm³/mol. The SMILES string of the molecule is N#Cc1ccnc(-c2c(Cl)ccc(Cl)c2Cl)c1N. The summed E-state index contributed by atoms with van der Waals surface area (Å²) >= 11 is 18.1. The van der Waals surface area contributed by atoms with Gasteiger partial charge in [0.1, 0.15) is 6.07 Å². The number of nitrogen functional groups attached to an aromatic ring is 1. The van der Waals surface area contributed by atoms with Crippen molar-refractivity contribution < 1.29 is 0 Å². The predicted octanol–water partition coefficient (Wildman–Crippen LogP) is 4.16. The van der Waals surface area contributed by atoms with E-state index in [1.165, 1.54) is 12.3 Å². The van der Waals surface area contributed by atoms with Gasteiger partial charge < -0.3 is 5.73 Å². The molecule has 0 spiro atoms. The second-order valence-electron chi connectivity index (χ2n) is 3.45. The van der Waals surface area contributed by atoms with Crippen LogP contribution >= 0.6 is 34.8 Å². The molecule has 1 aromatic heterocycles. The smallest absolute Gasteiger partial charge is 0.101 e. The quantitative estimate of drug-likeness (QED) is 0.804. The lowest BCUT2D eigenvalue weighted by atomic mass is 10.1. The number of hydrogen-bond donors (Lipinski definition) is 1. The van der Waals surface area contributed by atoms with Gasteiger partial charge in [0, 0.05) is 11.8 Å². The van der Waals surface area contributed by atoms with Crippen molar-refractivity contribution in [3.05, 3.63) is 45.0 Å². The molecule has 0 aliphatic heterocycles. The zero-order chi connectivity index (χ0) is 13.3. The Balaban J connectivity index is 2.79. The monoisotopic (exact) mass is 297 g/mol. The van der Waals surface area contributed by atoms with Crippen LogP contribution in [0.25, 0.3) is 11.3 Å². The molecule has 2 rings (SSSR count). The van der Waals surface area contributed by atoms with Gasteiger partial charge in [-0.05, 0) is 18.2 Å². The van der Waals surface area contributed by atoms with Crippen LogP contribution in [0.3, 0.4) is 0 Å². The van der Waals surface area contributed by atoms with E-state index in [0.717, 1.165) is 0 Å². The van der Waals surface area contributed by atoms with Gasteiger partial charge >= 0.3 is 0 Å². The van der Waals surface area contributed by atoms with E-state index in [1.807, 2.05) is 6.07 Å². The van der Waals surface area contributed by atoms with Crippen molar-refractivity contribution in [1.29, 1.82) is 5.26 Å². The topological polar surface area (TPSA) is 62.7 Å². The highest BCUT2D eigenvalue weighted by Crippen LogP contribution is 2.40. The van der Waals surface area contributed by atoms with Gasteiger partial charge in [-0.3, -0.25) is 4.98 Å². The van der Waals surface area contributed by atoms with Crippen molar-refractivity contribution in [2.45, 2.75) is 0 Å². The number of benzene rings is 1. The molecule has 0 fully saturated rings. The van der Waals surface area contributed by atoms with Gasteiger partial charge in [0.15, 0.2) is 0 Å². The Morgan fingerprint density at radius 1 is 1.11 bits per heavy atom. The van der Waals surface area contributed by atoms with E-state index in [2.05, 4.69) is 4.98 Å². The number of nitrogens with two attached hydrogens (primary N) is 1. The van der Waals surface area contributed by atoms with Crippen molar-refractivity contribution in [3.63, 3.8) is 0 Å². The summed E-state index contributed by atoms with van der Waals surface area (Å²) in [4.78, 5) is 4.12. The molecule has 0 saturated heterocycles. The summed E-state index contributed by atoms with van der Waals surface area (Å²) in [7, 11) is 0. The van der Waals surface area contributed by atoms with E-state index in [4.69, 9.17) is 45.8 Å². The van der Waals surface area contributed by atoms with Crippen LogP contribution in [0.4, 0.5) is 5.69 Å². The van der Waals surface area contributed by atoms with Crippen LogP contribution in [0.5, 0.6) is 0 Å². The lowest BCUT2D eigenvalue weighted by Crippen LogP contribution is -1.98. The average molecular weight is 299 g/mol. The van der Waals surface area contributed by atoms with Crippen LogP contribution in [0.1, 0.15) is 5.56 Å². The van der Waals surface area contributed by atoms with Gasteiger partial charge in [-0.2, -0.15) is 5.26 Å². The number of halogens is 3. The van der Waals surface area contributed by atoms with Gasteiger partial charge in [-0.25, -0.2) is 0 Å². The molecule has 6 heteroatoms. The number of hydrogen-bond acceptors (Lipinski definition) is 3. The normalized spacial score (nSPS) is 10.1. The van der Waals surface area contributed by atoms with Gasteiger partial charge in [0.2, 0.25) is 0 Å². The van der Waals surface area contributed by atoms with E-state index in [9.17, 15) is 0 Å². The van der Waals surface area contributed by atoms with E-state index in [-0.39, 0.29) is 10.7 Å². The molecule has 0 amide bonds. The van der Waals surface area contributed by atoms with Crippen molar-refractivity contribution in [2.75, 3.05) is 5.73 Å². The minimum absolute atomic E-state index is 0.228. The first kappa shape index (κ1) is 13.0. The molecule has 1 heterocycles. The maximum absolute atomic E-state index is 8.93. The summed E-state index contributed by atoms with van der Waals surface area (Å²) in [5.41, 5.74) is 7.19. The third kappa shape index (κ3) is 2.11. The third-order valence-electron chi connectivity index (χ3n) is 2.39. The molecular weight excluding hydrogens is 293 g/mol. The molecular formula is C12H6Cl3N3. The first-order valence-corrected chi connectivity index (χ1v) is 5.98. The Kier molecular flexibility index (Phi) is 3.63. The first-order chi connectivity index (χ1) is 8.56. The molecule has 2 aromatic rings. The largest absolute Gasteiger partial charge is 0.396 e. The minimum atomic E-state index is 0.228. The second-order valence-corrected chi connectivity index (χ2v) is 4.64. The lowest BCUT2D eigenvalue weighted by Gasteiger charge is -2.10. The number of nitriles is 1. The van der Waals surface area contributed by atoms with Crippen LogP contribution in [-0.2, 0) is 0 Å². The number of aromatic nitrogens is 1. The summed E-state index contributed by atoms with van der Waals surface area (Å²) in [6.45, 7) is 0. The summed E-state index contributed by atoms with van der Waals surface area (Å²) < 4.78 is 0. The highest BCUT2D eigenvalue weighted by atomic mass is 35.5. The van der Waals surface area contributed by atoms with Crippen molar-refractivity contribution in [2.24, 2.45) is 0 Å². The Labute approximate surface area is 119 Å². The maximum Gasteiger partial charge on any atom is 0.101 e. The summed E-state index contributed by atoms with van der Waals surface area (Å²) in [6.07, 6.45) is 1.47. The van der Waals surface area contributed by atoms with Crippen LogP contribution in [0.15, 0.2) is 24.4 Å². The zero-order valence-corrected chi connectivity index (χ0v) is 11.2. The standard InChI is InChI=1S/C12H6Cl3N3/c13-7-1-2-8(14)10(15)9(7)12-11(17)6(5-16)3-4-18-12/h1-4H,17H2. The highest BCUT2D eigenvalue weighted by Gasteiger charge is 2.17. The number of rotatable bonds is 1. The van der Waals surface area contributed by atoms with E-state index < -0.39 is 0 Å². The van der Waals surface area contributed by atoms with E-state index >= 15 is 0 Å². The number of pyridine rings is 1. The van der Waals surface area contributed by atoms with Gasteiger partial charge in [0.25, 0.3) is 0 Å². The summed E-state index contributed by atoms with van der Waals surface area (Å²) in [5, 5.41) is 9.92. The van der Waals surface area contributed by atoms with Crippen LogP contribution < -0.4 is 5.73 Å². The van der Waals surface area contributed by atoms with Gasteiger partial charge in [0.05, 0.1) is 32.0 Å². The van der Waals surface area contributed by atoms with Crippen molar-refractivity contribution in [1.82, 2.24) is 4.98 Å². The zero-order valence-electron chi connectivity index (χ0n) is 8.92. The molecule has 0 atom stereocenters. The van der Waals surface area contributed by atoms with Crippen molar-refractivity contribution >= 4 is 40.5 Å². The molecule has 18 heavy (non-hydrogen) atoms.